The van der Waals surface area contributed by atoms with Gasteiger partial charge < -0.3 is 28.4 Å². The molecule has 26 aromatic rings. The zero-order valence-corrected chi connectivity index (χ0v) is 75.7. The van der Waals surface area contributed by atoms with Crippen molar-refractivity contribution in [1.82, 2.24) is 0 Å². The number of nitrogens with zero attached hydrogens (tertiary/aromatic N) is 4. The standard InChI is InChI=1S/C67H46N2O.C64H41FN2O/c1-67(2)60-28-14-11-24-53(60)54-39-35-48(42-61(54)67)69(62-29-15-12-22-49(62)43-18-5-3-6-19-43)47-34-38-52-57-36-32-44-40-46(33-37-50(44)65(57)56-26-10-9-23-51(56)59(52)41-47)68(45-20-7-4-8-21-45)63-30-17-27-58-55-25-13-16-31-64(55)70-66(58)63;65-59-40-45(42-18-5-1-6-19-42)39-57(43-20-7-2-8-21-43)63(59)67(47-24-11-4-12-25-47)49-34-37-52-55-35-32-44-38-48(33-36-50(44)62(55)54-28-14-13-26-51(54)58(52)41-49)66(46-22-9-3-10-23-46)60-30-17-29-56-53-27-15-16-31-61(53)68-64(56)60/h3-42H,1-2H3;1-41H. The molecule has 0 atom stereocenters. The van der Waals surface area contributed by atoms with Crippen LogP contribution in [0.1, 0.15) is 25.0 Å². The van der Waals surface area contributed by atoms with Gasteiger partial charge in [0, 0.05) is 83.6 Å². The van der Waals surface area contributed by atoms with Crippen molar-refractivity contribution in [2.75, 3.05) is 19.6 Å². The topological polar surface area (TPSA) is 39.2 Å². The fraction of sp³-hybridized carbons (Fsp3) is 0.0229. The van der Waals surface area contributed by atoms with Crippen molar-refractivity contribution in [2.45, 2.75) is 19.3 Å². The van der Waals surface area contributed by atoms with E-state index in [9.17, 15) is 0 Å². The molecule has 650 valence electrons. The fourth-order valence-electron chi connectivity index (χ4n) is 22.1. The maximum atomic E-state index is 17.4. The number of anilines is 12. The van der Waals surface area contributed by atoms with E-state index in [4.69, 9.17) is 8.83 Å². The van der Waals surface area contributed by atoms with Crippen molar-refractivity contribution < 1.29 is 13.2 Å². The molecule has 0 aliphatic heterocycles. The summed E-state index contributed by atoms with van der Waals surface area (Å²) in [5.74, 6) is -0.302. The van der Waals surface area contributed by atoms with Crippen molar-refractivity contribution in [3.63, 3.8) is 0 Å². The molecule has 0 saturated carbocycles. The van der Waals surface area contributed by atoms with Crippen LogP contribution in [0.5, 0.6) is 0 Å². The van der Waals surface area contributed by atoms with E-state index in [0.717, 1.165) is 161 Å². The Hall–Kier alpha value is -17.9. The average Bonchev–Trinajstić information content (AvgIpc) is 1.41. The Balaban J connectivity index is 0.000000143. The van der Waals surface area contributed by atoms with E-state index in [1.54, 1.807) is 6.07 Å². The summed E-state index contributed by atoms with van der Waals surface area (Å²) in [4.78, 5) is 9.19. The monoisotopic (exact) mass is 1770 g/mol. The molecule has 27 rings (SSSR count). The van der Waals surface area contributed by atoms with Crippen LogP contribution in [0.4, 0.5) is 72.6 Å². The first kappa shape index (κ1) is 80.9. The van der Waals surface area contributed by atoms with E-state index < -0.39 is 0 Å². The third kappa shape index (κ3) is 13.4. The lowest BCUT2D eigenvalue weighted by molar-refractivity contribution is 0.630. The number of fused-ring (bicyclic) bond motifs is 25. The maximum Gasteiger partial charge on any atom is 0.159 e. The molecular weight excluding hydrogens is 1680 g/mol. The Morgan fingerprint density at radius 1 is 0.196 bits per heavy atom. The van der Waals surface area contributed by atoms with Crippen molar-refractivity contribution in [3.8, 4) is 44.5 Å². The number of benzene rings is 24. The summed E-state index contributed by atoms with van der Waals surface area (Å²) in [6.07, 6.45) is 0. The zero-order valence-electron chi connectivity index (χ0n) is 75.7. The first-order valence-corrected chi connectivity index (χ1v) is 47.3. The van der Waals surface area contributed by atoms with E-state index in [1.165, 1.54) is 87.2 Å². The molecule has 0 radical (unpaired) electrons. The summed E-state index contributed by atoms with van der Waals surface area (Å²) in [5, 5.41) is 23.4. The van der Waals surface area contributed by atoms with Crippen LogP contribution >= 0.6 is 0 Å². The lowest BCUT2D eigenvalue weighted by Gasteiger charge is -2.30. The second-order valence-electron chi connectivity index (χ2n) is 36.6. The molecule has 0 bridgehead atoms. The molecule has 2 heterocycles. The zero-order chi connectivity index (χ0) is 91.6. The van der Waals surface area contributed by atoms with Gasteiger partial charge in [-0.15, -0.1) is 0 Å². The van der Waals surface area contributed by atoms with Crippen LogP contribution in [0, 0.1) is 5.82 Å². The lowest BCUT2D eigenvalue weighted by Crippen LogP contribution is -2.16. The second kappa shape index (κ2) is 33.1. The van der Waals surface area contributed by atoms with Crippen LogP contribution in [0.25, 0.3) is 175 Å². The minimum Gasteiger partial charge on any atom is -0.454 e. The van der Waals surface area contributed by atoms with Gasteiger partial charge in [-0.3, -0.25) is 0 Å². The number of halogens is 1. The highest BCUT2D eigenvalue weighted by atomic mass is 19.1. The third-order valence-corrected chi connectivity index (χ3v) is 28.4. The molecule has 0 unspecified atom stereocenters. The van der Waals surface area contributed by atoms with E-state index in [0.29, 0.717) is 5.69 Å². The molecule has 1 aliphatic carbocycles. The van der Waals surface area contributed by atoms with E-state index in [1.807, 2.05) is 84.9 Å². The van der Waals surface area contributed by atoms with E-state index in [2.05, 4.69) is 434 Å². The molecular formula is C131H87FN4O2. The SMILES string of the molecule is CC1(C)c2ccccc2-c2ccc(N(c3ccc4c(c3)c3ccccc3c3c5ccc(N(c6ccccc6)c6cccc7c6oc6ccccc67)cc5ccc43)c3ccccc3-c3ccccc3)cc21.Fc1cc(-c2ccccc2)cc(-c2ccccc2)c1N(c1ccccc1)c1ccc2c(c1)c1ccccc1c1c3ccc(N(c4ccccc4)c4cccc5c4oc4ccccc45)cc3ccc21. The Morgan fingerprint density at radius 3 is 1.05 bits per heavy atom. The van der Waals surface area contributed by atoms with Crippen molar-refractivity contribution >= 4 is 198 Å². The van der Waals surface area contributed by atoms with Gasteiger partial charge in [-0.1, -0.05) is 366 Å². The molecule has 0 spiro atoms. The maximum absolute atomic E-state index is 17.4. The van der Waals surface area contributed by atoms with Crippen molar-refractivity contribution in [3.05, 3.63) is 508 Å². The Morgan fingerprint density at radius 2 is 0.536 bits per heavy atom. The first-order chi connectivity index (χ1) is 68.1. The van der Waals surface area contributed by atoms with Crippen molar-refractivity contribution in [2.24, 2.45) is 0 Å². The first-order valence-electron chi connectivity index (χ1n) is 47.3. The number of furan rings is 2. The summed E-state index contributed by atoms with van der Waals surface area (Å²) in [7, 11) is 0. The summed E-state index contributed by atoms with van der Waals surface area (Å²) in [6, 6.07) is 175. The Bertz CT molecular complexity index is 9300. The van der Waals surface area contributed by atoms with Crippen molar-refractivity contribution in [1.29, 1.82) is 0 Å². The normalized spacial score (nSPS) is 12.2. The van der Waals surface area contributed by atoms with Gasteiger partial charge in [0.1, 0.15) is 17.0 Å². The largest absolute Gasteiger partial charge is 0.454 e. The minimum absolute atomic E-state index is 0.142. The minimum atomic E-state index is -0.302. The van der Waals surface area contributed by atoms with Crippen LogP contribution in [0.3, 0.4) is 0 Å². The number of para-hydroxylation sites is 8. The van der Waals surface area contributed by atoms with Crippen LogP contribution in [-0.2, 0) is 5.41 Å². The predicted octanol–water partition coefficient (Wildman–Crippen LogP) is 37.7. The summed E-state index contributed by atoms with van der Waals surface area (Å²) in [5.41, 5.74) is 26.4. The van der Waals surface area contributed by atoms with E-state index in [-0.39, 0.29) is 11.2 Å². The molecule has 24 aromatic carbocycles. The van der Waals surface area contributed by atoms with Crippen LogP contribution in [0.2, 0.25) is 0 Å². The van der Waals surface area contributed by atoms with Gasteiger partial charge in [0.2, 0.25) is 0 Å². The van der Waals surface area contributed by atoms with Crippen LogP contribution in [0.15, 0.2) is 500 Å². The highest BCUT2D eigenvalue weighted by Crippen LogP contribution is 2.56. The highest BCUT2D eigenvalue weighted by Gasteiger charge is 2.37. The molecule has 2 aromatic heterocycles. The average molecular weight is 1770 g/mol. The van der Waals surface area contributed by atoms with Crippen LogP contribution in [-0.4, -0.2) is 0 Å². The molecule has 6 nitrogen and oxygen atoms in total. The van der Waals surface area contributed by atoms with Gasteiger partial charge in [0.15, 0.2) is 11.2 Å². The van der Waals surface area contributed by atoms with Crippen LogP contribution < -0.4 is 19.6 Å². The number of rotatable bonds is 15. The molecule has 1 aliphatic rings. The molecule has 0 fully saturated rings. The van der Waals surface area contributed by atoms with Gasteiger partial charge in [-0.25, -0.2) is 4.39 Å². The number of hydrogen-bond acceptors (Lipinski definition) is 6. The fourth-order valence-corrected chi connectivity index (χ4v) is 22.1. The highest BCUT2D eigenvalue weighted by molar-refractivity contribution is 6.34. The Kier molecular flexibility index (Phi) is 19.4. The van der Waals surface area contributed by atoms with E-state index >= 15 is 4.39 Å². The molecule has 7 heteroatoms. The molecule has 0 saturated heterocycles. The third-order valence-electron chi connectivity index (χ3n) is 28.4. The summed E-state index contributed by atoms with van der Waals surface area (Å²) >= 11 is 0. The van der Waals surface area contributed by atoms with Gasteiger partial charge in [0.05, 0.1) is 22.7 Å². The summed E-state index contributed by atoms with van der Waals surface area (Å²) in [6.45, 7) is 4.73. The lowest BCUT2D eigenvalue weighted by atomic mass is 9.82. The quantitative estimate of drug-likeness (QED) is 0.0953. The predicted molar refractivity (Wildman–Crippen MR) is 580 cm³/mol. The van der Waals surface area contributed by atoms with Gasteiger partial charge in [0.25, 0.3) is 0 Å². The molecule has 0 N–H and O–H groups in total. The molecule has 0 amide bonds. The second-order valence-corrected chi connectivity index (χ2v) is 36.6. The van der Waals surface area contributed by atoms with Gasteiger partial charge in [-0.2, -0.15) is 0 Å². The summed E-state index contributed by atoms with van der Waals surface area (Å²) < 4.78 is 30.6. The van der Waals surface area contributed by atoms with Gasteiger partial charge >= 0.3 is 0 Å². The van der Waals surface area contributed by atoms with Gasteiger partial charge in [-0.05, 0) is 270 Å². The smallest absolute Gasteiger partial charge is 0.159 e. The Labute approximate surface area is 797 Å². The number of hydrogen-bond donors (Lipinski definition) is 0. The molecule has 138 heavy (non-hydrogen) atoms.